The van der Waals surface area contributed by atoms with Crippen molar-refractivity contribution in [3.05, 3.63) is 95.6 Å². The summed E-state index contributed by atoms with van der Waals surface area (Å²) < 4.78 is 10.6. The van der Waals surface area contributed by atoms with Crippen molar-refractivity contribution in [1.29, 1.82) is 0 Å². The van der Waals surface area contributed by atoms with E-state index < -0.39 is 35.3 Å². The van der Waals surface area contributed by atoms with Gasteiger partial charge in [-0.25, -0.2) is 15.5 Å². The Balaban J connectivity index is 1.92. The van der Waals surface area contributed by atoms with Crippen molar-refractivity contribution in [2.45, 2.75) is 24.9 Å². The summed E-state index contributed by atoms with van der Waals surface area (Å²) >= 11 is 0. The van der Waals surface area contributed by atoms with Crippen molar-refractivity contribution in [3.63, 3.8) is 0 Å². The van der Waals surface area contributed by atoms with Crippen LogP contribution in [0.1, 0.15) is 34.5 Å². The van der Waals surface area contributed by atoms with Crippen LogP contribution in [-0.4, -0.2) is 53.3 Å². The first-order valence-electron chi connectivity index (χ1n) is 11.8. The van der Waals surface area contributed by atoms with Gasteiger partial charge in [0.05, 0.1) is 20.3 Å². The smallest absolute Gasteiger partial charge is 0.335 e. The fourth-order valence-corrected chi connectivity index (χ4v) is 4.64. The third-order valence-corrected chi connectivity index (χ3v) is 6.63. The Kier molecular flexibility index (Phi) is 7.45. The lowest BCUT2D eigenvalue weighted by Crippen LogP contribution is -2.64. The van der Waals surface area contributed by atoms with Crippen LogP contribution in [0, 0.1) is 0 Å². The maximum atomic E-state index is 14.2. The molecule has 1 heterocycles. The van der Waals surface area contributed by atoms with E-state index in [0.717, 1.165) is 4.90 Å². The number of methoxy groups -OCH3 is 2. The summed E-state index contributed by atoms with van der Waals surface area (Å²) in [6, 6.07) is 20.1. The zero-order chi connectivity index (χ0) is 27.4. The zero-order valence-electron chi connectivity index (χ0n) is 21.2. The molecule has 4 rings (SSSR count). The summed E-state index contributed by atoms with van der Waals surface area (Å²) in [5.41, 5.74) is 0.910. The highest BCUT2D eigenvalue weighted by molar-refractivity contribution is 6.26. The Hall–Kier alpha value is -4.70. The number of nitrogens with zero attached hydrogens (tertiary/aromatic N) is 2. The first-order chi connectivity index (χ1) is 18.3. The molecule has 0 aromatic heterocycles. The van der Waals surface area contributed by atoms with Gasteiger partial charge in [-0.05, 0) is 30.2 Å². The Morgan fingerprint density at radius 1 is 0.921 bits per heavy atom. The van der Waals surface area contributed by atoms with Crippen LogP contribution >= 0.6 is 0 Å². The zero-order valence-corrected chi connectivity index (χ0v) is 21.2. The third kappa shape index (κ3) is 4.46. The Morgan fingerprint density at radius 2 is 1.47 bits per heavy atom. The van der Waals surface area contributed by atoms with Crippen molar-refractivity contribution in [3.8, 4) is 11.5 Å². The number of hydrazine groups is 1. The molecule has 1 fully saturated rings. The van der Waals surface area contributed by atoms with E-state index in [2.05, 4.69) is 0 Å². The fraction of sp³-hybridized carbons (Fsp3) is 0.214. The van der Waals surface area contributed by atoms with Gasteiger partial charge in [0.15, 0.2) is 0 Å². The summed E-state index contributed by atoms with van der Waals surface area (Å²) in [5, 5.41) is 0. The molecule has 3 N–H and O–H groups in total. The maximum Gasteiger partial charge on any atom is 0.335 e. The van der Waals surface area contributed by atoms with E-state index >= 15 is 0 Å². The van der Waals surface area contributed by atoms with E-state index in [9.17, 15) is 19.2 Å². The van der Waals surface area contributed by atoms with Gasteiger partial charge in [-0.3, -0.25) is 24.7 Å². The predicted octanol–water partition coefficient (Wildman–Crippen LogP) is 2.84. The normalized spacial score (nSPS) is 17.8. The largest absolute Gasteiger partial charge is 0.497 e. The fourth-order valence-electron chi connectivity index (χ4n) is 4.64. The molecule has 10 heteroatoms. The highest BCUT2D eigenvalue weighted by Gasteiger charge is 2.65. The lowest BCUT2D eigenvalue weighted by atomic mass is 9.87. The number of nitrogens with one attached hydrogen (secondary N) is 1. The average Bonchev–Trinajstić information content (AvgIpc) is 3.18. The molecule has 196 valence electrons. The number of carbonyl (C=O) groups excluding carboxylic acids is 4. The van der Waals surface area contributed by atoms with E-state index in [1.807, 2.05) is 5.43 Å². The molecule has 2 atom stereocenters. The van der Waals surface area contributed by atoms with Crippen LogP contribution in [0.4, 0.5) is 4.79 Å². The van der Waals surface area contributed by atoms with E-state index in [1.165, 1.54) is 26.4 Å². The monoisotopic (exact) mass is 516 g/mol. The second-order valence-electron chi connectivity index (χ2n) is 8.78. The highest BCUT2D eigenvalue weighted by Crippen LogP contribution is 2.39. The molecule has 0 bridgehead atoms. The van der Waals surface area contributed by atoms with Crippen LogP contribution in [0.5, 0.6) is 11.5 Å². The van der Waals surface area contributed by atoms with Crippen molar-refractivity contribution in [2.24, 2.45) is 5.84 Å². The van der Waals surface area contributed by atoms with Crippen molar-refractivity contribution >= 4 is 23.8 Å². The van der Waals surface area contributed by atoms with Crippen molar-refractivity contribution < 1.29 is 28.7 Å². The second-order valence-corrected chi connectivity index (χ2v) is 8.78. The van der Waals surface area contributed by atoms with Gasteiger partial charge >= 0.3 is 6.03 Å². The molecule has 1 unspecified atom stereocenters. The van der Waals surface area contributed by atoms with Crippen LogP contribution in [-0.2, 0) is 16.0 Å². The van der Waals surface area contributed by atoms with Crippen molar-refractivity contribution in [1.82, 2.24) is 15.2 Å². The van der Waals surface area contributed by atoms with Gasteiger partial charge < -0.3 is 9.47 Å². The van der Waals surface area contributed by atoms with E-state index in [4.69, 9.17) is 15.3 Å². The number of imide groups is 2. The number of urea groups is 1. The molecular weight excluding hydrogens is 488 g/mol. The third-order valence-electron chi connectivity index (χ3n) is 6.63. The number of hydrogen-bond donors (Lipinski definition) is 2. The first-order valence-corrected chi connectivity index (χ1v) is 11.8. The number of rotatable bonds is 8. The van der Waals surface area contributed by atoms with E-state index in [1.54, 1.807) is 73.7 Å². The average molecular weight is 517 g/mol. The first kappa shape index (κ1) is 26.4. The number of ether oxygens (including phenoxy) is 2. The molecule has 5 amide bonds. The molecule has 3 aromatic carbocycles. The molecule has 0 saturated carbocycles. The van der Waals surface area contributed by atoms with Gasteiger partial charge in [0, 0.05) is 18.1 Å². The molecule has 1 aliphatic rings. The summed E-state index contributed by atoms with van der Waals surface area (Å²) in [5.74, 6) is 3.39. The van der Waals surface area contributed by atoms with Crippen LogP contribution in [0.25, 0.3) is 0 Å². The van der Waals surface area contributed by atoms with E-state index in [0.29, 0.717) is 16.0 Å². The molecule has 0 radical (unpaired) electrons. The molecule has 38 heavy (non-hydrogen) atoms. The lowest BCUT2D eigenvalue weighted by Gasteiger charge is -2.32. The molecule has 1 saturated heterocycles. The highest BCUT2D eigenvalue weighted by atomic mass is 16.5. The molecule has 3 aromatic rings. The second kappa shape index (κ2) is 10.7. The summed E-state index contributed by atoms with van der Waals surface area (Å²) in [6.45, 7) is 1.65. The van der Waals surface area contributed by atoms with Crippen LogP contribution < -0.4 is 20.7 Å². The number of amides is 5. The van der Waals surface area contributed by atoms with Crippen LogP contribution in [0.3, 0.4) is 0 Å². The van der Waals surface area contributed by atoms with Gasteiger partial charge in [-0.2, -0.15) is 0 Å². The standard InChI is InChI=1S/C28H28N4O6/c1-18(20-12-8-5-9-13-20)31-26(35)28(25(34)30-29,17-19-10-6-4-7-11-19)32(27(31)36)24(33)21-14-22(37-2)16-23(15-21)38-3/h4-16,18H,17,29H2,1-3H3,(H,30,34)/t18-,28?/m1/s1. The van der Waals surface area contributed by atoms with Gasteiger partial charge in [0.25, 0.3) is 17.7 Å². The number of nitrogens with two attached hydrogens (primary N) is 1. The summed E-state index contributed by atoms with van der Waals surface area (Å²) in [6.07, 6.45) is -0.285. The molecule has 0 spiro atoms. The minimum absolute atomic E-state index is 0.0150. The summed E-state index contributed by atoms with van der Waals surface area (Å²) in [7, 11) is 2.83. The van der Waals surface area contributed by atoms with Crippen LogP contribution in [0.2, 0.25) is 0 Å². The van der Waals surface area contributed by atoms with Crippen LogP contribution in [0.15, 0.2) is 78.9 Å². The minimum Gasteiger partial charge on any atom is -0.497 e. The topological polar surface area (TPSA) is 131 Å². The quantitative estimate of drug-likeness (QED) is 0.155. The molecule has 1 aliphatic heterocycles. The van der Waals surface area contributed by atoms with Gasteiger partial charge in [0.2, 0.25) is 5.54 Å². The Labute approximate surface area is 219 Å². The molecule has 0 aliphatic carbocycles. The Morgan fingerprint density at radius 3 is 2.00 bits per heavy atom. The van der Waals surface area contributed by atoms with Gasteiger partial charge in [-0.1, -0.05) is 60.7 Å². The number of hydrogen-bond acceptors (Lipinski definition) is 7. The van der Waals surface area contributed by atoms with E-state index in [-0.39, 0.29) is 23.5 Å². The SMILES string of the molecule is COc1cc(OC)cc(C(=O)N2C(=O)N([C@H](C)c3ccccc3)C(=O)C2(Cc2ccccc2)C(=O)NN)c1. The van der Waals surface area contributed by atoms with Gasteiger partial charge in [0.1, 0.15) is 11.5 Å². The number of carbonyl (C=O) groups is 4. The summed E-state index contributed by atoms with van der Waals surface area (Å²) in [4.78, 5) is 57.4. The molecule has 10 nitrogen and oxygen atoms in total. The minimum atomic E-state index is -2.29. The number of benzene rings is 3. The lowest BCUT2D eigenvalue weighted by molar-refractivity contribution is -0.143. The van der Waals surface area contributed by atoms with Crippen molar-refractivity contribution in [2.75, 3.05) is 14.2 Å². The van der Waals surface area contributed by atoms with Gasteiger partial charge in [-0.15, -0.1) is 0 Å². The molecular formula is C28H28N4O6. The predicted molar refractivity (Wildman–Crippen MR) is 138 cm³/mol. The Bertz CT molecular complexity index is 1340. The maximum absolute atomic E-state index is 14.2.